The molecule has 0 amide bonds. The van der Waals surface area contributed by atoms with Gasteiger partial charge in [0.25, 0.3) is 0 Å². The van der Waals surface area contributed by atoms with E-state index >= 15 is 0 Å². The Morgan fingerprint density at radius 2 is 1.79 bits per heavy atom. The first kappa shape index (κ1) is 14.5. The average Bonchev–Trinajstić information content (AvgIpc) is 2.49. The standard InChI is InChI=1S/C17H28N2/c1-4-17(2,19-13-9-6-10-14-19)16(18-3)15-11-7-5-8-12-15/h5,7-8,11-12,16,18H,4,6,9-10,13-14H2,1-3H3. The van der Waals surface area contributed by atoms with Crippen LogP contribution in [0.25, 0.3) is 0 Å². The van der Waals surface area contributed by atoms with E-state index in [-0.39, 0.29) is 5.54 Å². The molecule has 19 heavy (non-hydrogen) atoms. The fourth-order valence-corrected chi connectivity index (χ4v) is 3.50. The van der Waals surface area contributed by atoms with Crippen LogP contribution in [-0.2, 0) is 0 Å². The van der Waals surface area contributed by atoms with E-state index in [0.29, 0.717) is 6.04 Å². The molecule has 1 aromatic carbocycles. The van der Waals surface area contributed by atoms with Crippen molar-refractivity contribution in [3.05, 3.63) is 35.9 Å². The molecule has 1 aliphatic rings. The molecule has 1 fully saturated rings. The number of piperidine rings is 1. The highest BCUT2D eigenvalue weighted by Gasteiger charge is 2.38. The Bertz CT molecular complexity index is 370. The van der Waals surface area contributed by atoms with Crippen LogP contribution < -0.4 is 5.32 Å². The Morgan fingerprint density at radius 1 is 1.16 bits per heavy atom. The highest BCUT2D eigenvalue weighted by Crippen LogP contribution is 2.35. The summed E-state index contributed by atoms with van der Waals surface area (Å²) in [7, 11) is 2.09. The number of hydrogen-bond acceptors (Lipinski definition) is 2. The maximum atomic E-state index is 3.57. The molecule has 2 heteroatoms. The smallest absolute Gasteiger partial charge is 0.0501 e. The topological polar surface area (TPSA) is 15.3 Å². The molecule has 2 unspecified atom stereocenters. The van der Waals surface area contributed by atoms with Crippen LogP contribution in [0.3, 0.4) is 0 Å². The maximum absolute atomic E-state index is 3.57. The van der Waals surface area contributed by atoms with Crippen molar-refractivity contribution in [1.82, 2.24) is 10.2 Å². The molecule has 0 saturated carbocycles. The summed E-state index contributed by atoms with van der Waals surface area (Å²) < 4.78 is 0. The molecule has 2 atom stereocenters. The van der Waals surface area contributed by atoms with E-state index in [1.807, 2.05) is 0 Å². The number of likely N-dealkylation sites (tertiary alicyclic amines) is 1. The summed E-state index contributed by atoms with van der Waals surface area (Å²) in [5.41, 5.74) is 1.61. The first-order chi connectivity index (χ1) is 9.22. The summed E-state index contributed by atoms with van der Waals surface area (Å²) in [6.45, 7) is 7.24. The third kappa shape index (κ3) is 3.01. The van der Waals surface area contributed by atoms with Crippen LogP contribution in [0.2, 0.25) is 0 Å². The lowest BCUT2D eigenvalue weighted by atomic mass is 9.82. The van der Waals surface area contributed by atoms with Gasteiger partial charge >= 0.3 is 0 Å². The first-order valence-corrected chi connectivity index (χ1v) is 7.69. The van der Waals surface area contributed by atoms with Crippen LogP contribution in [-0.4, -0.2) is 30.6 Å². The third-order valence-electron chi connectivity index (χ3n) is 4.84. The van der Waals surface area contributed by atoms with Gasteiger partial charge in [0.1, 0.15) is 0 Å². The van der Waals surface area contributed by atoms with Crippen LogP contribution in [0.15, 0.2) is 30.3 Å². The van der Waals surface area contributed by atoms with E-state index in [1.54, 1.807) is 0 Å². The van der Waals surface area contributed by atoms with Gasteiger partial charge in [-0.3, -0.25) is 4.90 Å². The summed E-state index contributed by atoms with van der Waals surface area (Å²) in [5.74, 6) is 0. The van der Waals surface area contributed by atoms with Crippen molar-refractivity contribution >= 4 is 0 Å². The van der Waals surface area contributed by atoms with Gasteiger partial charge in [0, 0.05) is 5.54 Å². The Balaban J connectivity index is 2.26. The lowest BCUT2D eigenvalue weighted by Gasteiger charge is -2.48. The fraction of sp³-hybridized carbons (Fsp3) is 0.647. The second-order valence-electron chi connectivity index (χ2n) is 5.89. The Labute approximate surface area is 118 Å². The lowest BCUT2D eigenvalue weighted by Crippen LogP contribution is -2.55. The maximum Gasteiger partial charge on any atom is 0.0501 e. The van der Waals surface area contributed by atoms with Crippen molar-refractivity contribution in [1.29, 1.82) is 0 Å². The average molecular weight is 260 g/mol. The molecule has 2 rings (SSSR count). The molecule has 0 radical (unpaired) electrons. The van der Waals surface area contributed by atoms with Crippen LogP contribution in [0.5, 0.6) is 0 Å². The van der Waals surface area contributed by atoms with Gasteiger partial charge in [-0.15, -0.1) is 0 Å². The quantitative estimate of drug-likeness (QED) is 0.870. The number of nitrogens with one attached hydrogen (secondary N) is 1. The van der Waals surface area contributed by atoms with E-state index in [4.69, 9.17) is 0 Å². The van der Waals surface area contributed by atoms with Crippen molar-refractivity contribution in [2.24, 2.45) is 0 Å². The first-order valence-electron chi connectivity index (χ1n) is 7.69. The van der Waals surface area contributed by atoms with Crippen LogP contribution in [0.1, 0.15) is 51.1 Å². The molecule has 1 saturated heterocycles. The molecular formula is C17H28N2. The molecule has 0 aliphatic carbocycles. The lowest BCUT2D eigenvalue weighted by molar-refractivity contribution is 0.0448. The highest BCUT2D eigenvalue weighted by atomic mass is 15.2. The van der Waals surface area contributed by atoms with E-state index in [0.717, 1.165) is 0 Å². The van der Waals surface area contributed by atoms with Gasteiger partial charge in [-0.1, -0.05) is 43.7 Å². The Hall–Kier alpha value is -0.860. The van der Waals surface area contributed by atoms with Gasteiger partial charge in [-0.05, 0) is 51.9 Å². The third-order valence-corrected chi connectivity index (χ3v) is 4.84. The van der Waals surface area contributed by atoms with Gasteiger partial charge in [-0.25, -0.2) is 0 Å². The normalized spacial score (nSPS) is 21.8. The highest BCUT2D eigenvalue weighted by molar-refractivity contribution is 5.23. The van der Waals surface area contributed by atoms with Crippen molar-refractivity contribution in [2.75, 3.05) is 20.1 Å². The van der Waals surface area contributed by atoms with Crippen LogP contribution >= 0.6 is 0 Å². The van der Waals surface area contributed by atoms with E-state index < -0.39 is 0 Å². The molecule has 1 heterocycles. The van der Waals surface area contributed by atoms with E-state index in [1.165, 1.54) is 44.3 Å². The molecule has 0 bridgehead atoms. The summed E-state index contributed by atoms with van der Waals surface area (Å²) in [5, 5.41) is 3.57. The molecule has 1 aliphatic heterocycles. The zero-order valence-corrected chi connectivity index (χ0v) is 12.7. The van der Waals surface area contributed by atoms with Gasteiger partial charge in [-0.2, -0.15) is 0 Å². The minimum absolute atomic E-state index is 0.205. The van der Waals surface area contributed by atoms with Crippen LogP contribution in [0.4, 0.5) is 0 Å². The van der Waals surface area contributed by atoms with Crippen molar-refractivity contribution < 1.29 is 0 Å². The van der Waals surface area contributed by atoms with Gasteiger partial charge in [0.05, 0.1) is 6.04 Å². The molecular weight excluding hydrogens is 232 g/mol. The second kappa shape index (κ2) is 6.53. The van der Waals surface area contributed by atoms with Gasteiger partial charge < -0.3 is 5.32 Å². The molecule has 2 nitrogen and oxygen atoms in total. The monoisotopic (exact) mass is 260 g/mol. The van der Waals surface area contributed by atoms with Crippen molar-refractivity contribution in [3.8, 4) is 0 Å². The summed E-state index contributed by atoms with van der Waals surface area (Å²) in [6, 6.07) is 11.3. The van der Waals surface area contributed by atoms with Gasteiger partial charge in [0.2, 0.25) is 0 Å². The fourth-order valence-electron chi connectivity index (χ4n) is 3.50. The zero-order valence-electron chi connectivity index (χ0n) is 12.7. The number of likely N-dealkylation sites (N-methyl/N-ethyl adjacent to an activating group) is 1. The summed E-state index contributed by atoms with van der Waals surface area (Å²) in [6.07, 6.45) is 5.26. The Morgan fingerprint density at radius 3 is 2.32 bits per heavy atom. The summed E-state index contributed by atoms with van der Waals surface area (Å²) in [4.78, 5) is 2.70. The minimum atomic E-state index is 0.205. The largest absolute Gasteiger partial charge is 0.311 e. The molecule has 1 aromatic rings. The van der Waals surface area contributed by atoms with Crippen molar-refractivity contribution in [3.63, 3.8) is 0 Å². The predicted molar refractivity (Wildman–Crippen MR) is 82.4 cm³/mol. The minimum Gasteiger partial charge on any atom is -0.311 e. The zero-order chi connectivity index (χ0) is 13.7. The molecule has 0 spiro atoms. The number of benzene rings is 1. The van der Waals surface area contributed by atoms with Gasteiger partial charge in [0.15, 0.2) is 0 Å². The Kier molecular flexibility index (Phi) is 5.00. The van der Waals surface area contributed by atoms with Crippen LogP contribution in [0, 0.1) is 0 Å². The predicted octanol–water partition coefficient (Wildman–Crippen LogP) is 3.60. The molecule has 106 valence electrons. The second-order valence-corrected chi connectivity index (χ2v) is 5.89. The number of nitrogens with zero attached hydrogens (tertiary/aromatic N) is 1. The number of rotatable bonds is 5. The summed E-state index contributed by atoms with van der Waals surface area (Å²) >= 11 is 0. The molecule has 1 N–H and O–H groups in total. The van der Waals surface area contributed by atoms with E-state index in [9.17, 15) is 0 Å². The van der Waals surface area contributed by atoms with E-state index in [2.05, 4.69) is 61.4 Å². The van der Waals surface area contributed by atoms with Crippen molar-refractivity contribution in [2.45, 2.75) is 51.1 Å². The molecule has 0 aromatic heterocycles. The number of hydrogen-bond donors (Lipinski definition) is 1. The SMILES string of the molecule is CCC(C)(C(NC)c1ccccc1)N1CCCCC1.